The van der Waals surface area contributed by atoms with Crippen molar-refractivity contribution in [1.29, 1.82) is 0 Å². The highest BCUT2D eigenvalue weighted by molar-refractivity contribution is 7.97. The molecule has 5 rings (SSSR count). The van der Waals surface area contributed by atoms with Gasteiger partial charge in [0.1, 0.15) is 5.75 Å². The SMILES string of the molecule is CC(C)(C)c1ccc([S+](c2ccc(C(C)(C)C)cc2)c2ccc(C(C)(C)C)cc2)cc1.O=C(CCC1CCCCC1)Oc1cc([N+](=O)[O-])c(SOO[O-])c([N+](=O)[O-])c1. The van der Waals surface area contributed by atoms with E-state index < -0.39 is 32.1 Å². The van der Waals surface area contributed by atoms with Gasteiger partial charge in [0.05, 0.1) is 44.9 Å². The summed E-state index contributed by atoms with van der Waals surface area (Å²) in [5, 5.41) is 35.4. The Morgan fingerprint density at radius 3 is 1.38 bits per heavy atom. The molecule has 11 nitrogen and oxygen atoms in total. The first-order valence-corrected chi connectivity index (χ1v) is 21.5. The Balaban J connectivity index is 0.000000259. The van der Waals surface area contributed by atoms with E-state index in [0.29, 0.717) is 12.3 Å². The molecule has 312 valence electrons. The molecule has 0 radical (unpaired) electrons. The lowest BCUT2D eigenvalue weighted by atomic mass is 9.86. The molecular formula is C45H56N2O9S2. The van der Waals surface area contributed by atoms with Crippen LogP contribution in [0.5, 0.6) is 5.75 Å². The lowest BCUT2D eigenvalue weighted by Gasteiger charge is -2.21. The number of hydrogen-bond acceptors (Lipinski definition) is 10. The maximum Gasteiger partial charge on any atom is 0.311 e. The molecule has 4 aromatic carbocycles. The van der Waals surface area contributed by atoms with E-state index in [2.05, 4.69) is 144 Å². The Labute approximate surface area is 349 Å². The number of rotatable bonds is 12. The Morgan fingerprint density at radius 1 is 0.672 bits per heavy atom. The van der Waals surface area contributed by atoms with Gasteiger partial charge in [-0.1, -0.05) is 131 Å². The summed E-state index contributed by atoms with van der Waals surface area (Å²) in [5.41, 5.74) is 3.14. The van der Waals surface area contributed by atoms with Gasteiger partial charge < -0.3 is 9.99 Å². The van der Waals surface area contributed by atoms with Crippen molar-refractivity contribution in [2.75, 3.05) is 0 Å². The van der Waals surface area contributed by atoms with Gasteiger partial charge in [0.2, 0.25) is 0 Å². The fourth-order valence-corrected chi connectivity index (χ4v) is 9.27. The number of carbonyl (C=O) groups is 1. The molecule has 0 bridgehead atoms. The van der Waals surface area contributed by atoms with E-state index in [4.69, 9.17) is 4.74 Å². The Kier molecular flexibility index (Phi) is 16.1. The summed E-state index contributed by atoms with van der Waals surface area (Å²) >= 11 is 0.0284. The molecule has 0 unspecified atom stereocenters. The number of hydrogen-bond donors (Lipinski definition) is 0. The molecule has 0 aliphatic heterocycles. The van der Waals surface area contributed by atoms with Crippen LogP contribution in [0, 0.1) is 26.1 Å². The summed E-state index contributed by atoms with van der Waals surface area (Å²) < 4.78 is 9.03. The summed E-state index contributed by atoms with van der Waals surface area (Å²) in [6.07, 6.45) is 6.33. The van der Waals surface area contributed by atoms with Gasteiger partial charge >= 0.3 is 5.97 Å². The van der Waals surface area contributed by atoms with E-state index in [1.165, 1.54) is 37.8 Å². The Bertz CT molecular complexity index is 1820. The number of nitro groups is 2. The van der Waals surface area contributed by atoms with Gasteiger partial charge in [-0.05, 0) is 81.7 Å². The molecule has 1 fully saturated rings. The zero-order chi connectivity index (χ0) is 42.8. The van der Waals surface area contributed by atoms with E-state index in [1.54, 1.807) is 0 Å². The van der Waals surface area contributed by atoms with Crippen molar-refractivity contribution in [2.24, 2.45) is 5.92 Å². The summed E-state index contributed by atoms with van der Waals surface area (Å²) in [7, 11) is -0.120. The lowest BCUT2D eigenvalue weighted by molar-refractivity contribution is -0.777. The van der Waals surface area contributed by atoms with E-state index in [1.807, 2.05) is 0 Å². The molecule has 0 heterocycles. The minimum Gasteiger partial charge on any atom is -0.691 e. The average Bonchev–Trinajstić information content (AvgIpc) is 3.16. The molecule has 1 aliphatic rings. The molecule has 0 amide bonds. The van der Waals surface area contributed by atoms with Crippen LogP contribution in [0.2, 0.25) is 0 Å². The largest absolute Gasteiger partial charge is 0.691 e. The number of carbonyl (C=O) groups excluding carboxylic acids is 1. The Hall–Kier alpha value is -4.27. The first-order valence-electron chi connectivity index (χ1n) is 19.6. The molecule has 13 heteroatoms. The molecule has 0 aromatic heterocycles. The highest BCUT2D eigenvalue weighted by atomic mass is 32.2. The number of ether oxygens (including phenoxy) is 1. The number of benzene rings is 4. The molecule has 58 heavy (non-hydrogen) atoms. The van der Waals surface area contributed by atoms with Crippen molar-refractivity contribution in [3.63, 3.8) is 0 Å². The van der Waals surface area contributed by atoms with Gasteiger partial charge in [-0.2, -0.15) is 4.33 Å². The van der Waals surface area contributed by atoms with Gasteiger partial charge in [-0.15, -0.1) is 0 Å². The van der Waals surface area contributed by atoms with E-state index in [9.17, 15) is 30.3 Å². The van der Waals surface area contributed by atoms with Gasteiger partial charge in [0.25, 0.3) is 11.4 Å². The minimum absolute atomic E-state index is 0.0284. The molecule has 0 spiro atoms. The second kappa shape index (κ2) is 20.1. The van der Waals surface area contributed by atoms with Gasteiger partial charge in [-0.3, -0.25) is 30.1 Å². The molecule has 0 atom stereocenters. The third-order valence-electron chi connectivity index (χ3n) is 10.1. The van der Waals surface area contributed by atoms with Crippen LogP contribution in [0.1, 0.15) is 124 Å². The van der Waals surface area contributed by atoms with Gasteiger partial charge in [0.15, 0.2) is 19.6 Å². The van der Waals surface area contributed by atoms with Crippen LogP contribution in [0.3, 0.4) is 0 Å². The Morgan fingerprint density at radius 2 is 1.05 bits per heavy atom. The van der Waals surface area contributed by atoms with Crippen LogP contribution >= 0.6 is 12.0 Å². The van der Waals surface area contributed by atoms with E-state index in [-0.39, 0.29) is 51.4 Å². The van der Waals surface area contributed by atoms with Gasteiger partial charge in [0, 0.05) is 6.42 Å². The van der Waals surface area contributed by atoms with Crippen LogP contribution in [-0.2, 0) is 41.3 Å². The normalized spacial score (nSPS) is 13.8. The molecule has 0 saturated heterocycles. The monoisotopic (exact) mass is 832 g/mol. The van der Waals surface area contributed by atoms with Crippen LogP contribution in [0.25, 0.3) is 0 Å². The fraction of sp³-hybridized carbons (Fsp3) is 0.444. The second-order valence-electron chi connectivity index (χ2n) is 17.7. The molecule has 1 saturated carbocycles. The third kappa shape index (κ3) is 13.1. The zero-order valence-electron chi connectivity index (χ0n) is 35.0. The lowest BCUT2D eigenvalue weighted by Crippen LogP contribution is -2.13. The second-order valence-corrected chi connectivity index (χ2v) is 20.4. The highest BCUT2D eigenvalue weighted by Gasteiger charge is 2.32. The quantitative estimate of drug-likeness (QED) is 0.0256. The molecular weight excluding hydrogens is 777 g/mol. The van der Waals surface area contributed by atoms with E-state index >= 15 is 0 Å². The number of esters is 1. The summed E-state index contributed by atoms with van der Waals surface area (Å²) in [5.74, 6) is -0.504. The van der Waals surface area contributed by atoms with Crippen molar-refractivity contribution < 1.29 is 34.0 Å². The van der Waals surface area contributed by atoms with Crippen LogP contribution in [0.15, 0.2) is 105 Å². The van der Waals surface area contributed by atoms with Crippen molar-refractivity contribution in [2.45, 2.75) is 143 Å². The summed E-state index contributed by atoms with van der Waals surface area (Å²) in [6.45, 7) is 20.5. The molecule has 0 N–H and O–H groups in total. The first kappa shape index (κ1) is 46.4. The predicted molar refractivity (Wildman–Crippen MR) is 227 cm³/mol. The zero-order valence-corrected chi connectivity index (χ0v) is 36.6. The minimum atomic E-state index is -0.914. The van der Waals surface area contributed by atoms with Crippen molar-refractivity contribution in [3.05, 3.63) is 122 Å². The maximum absolute atomic E-state index is 12.0. The number of nitro benzene ring substituents is 2. The van der Waals surface area contributed by atoms with Crippen LogP contribution in [-0.4, -0.2) is 15.8 Å². The topological polar surface area (TPSA) is 154 Å². The van der Waals surface area contributed by atoms with Crippen LogP contribution in [0.4, 0.5) is 11.4 Å². The van der Waals surface area contributed by atoms with Crippen LogP contribution < -0.4 is 9.99 Å². The predicted octanol–water partition coefficient (Wildman–Crippen LogP) is 11.7. The summed E-state index contributed by atoms with van der Waals surface area (Å²) in [4.78, 5) is 36.1. The van der Waals surface area contributed by atoms with Crippen molar-refractivity contribution >= 4 is 40.3 Å². The van der Waals surface area contributed by atoms with Gasteiger partial charge in [-0.25, -0.2) is 0 Å². The third-order valence-corrected chi connectivity index (χ3v) is 13.1. The highest BCUT2D eigenvalue weighted by Crippen LogP contribution is 2.41. The fourth-order valence-electron chi connectivity index (χ4n) is 6.70. The smallest absolute Gasteiger partial charge is 0.311 e. The standard InChI is InChI=1S/C30H39S.C15H18N2O9S/c1-28(2,3)22-10-16-25(17-11-22)31(26-18-12-23(13-19-26)29(4,5)6)27-20-14-24(15-21-27)30(7,8)9;18-14(7-6-10-4-2-1-3-5-10)24-11-8-12(16(19)20)15(27-26-25-23)13(9-11)17(21)22/h10-21H,1-9H3;8-10,23H,1-7H2/q+1;/p-1. The molecule has 4 aromatic rings. The van der Waals surface area contributed by atoms with E-state index in [0.717, 1.165) is 37.8 Å². The van der Waals surface area contributed by atoms with Crippen molar-refractivity contribution in [3.8, 4) is 5.75 Å². The average molecular weight is 833 g/mol. The number of nitrogens with zero attached hydrogens (tertiary/aromatic N) is 2. The molecule has 1 aliphatic carbocycles. The first-order chi connectivity index (χ1) is 27.2. The summed E-state index contributed by atoms with van der Waals surface area (Å²) in [6, 6.07) is 29.6. The maximum atomic E-state index is 12.0. The van der Waals surface area contributed by atoms with Crippen molar-refractivity contribution in [1.82, 2.24) is 0 Å².